The molecule has 2 aliphatic carbocycles. The van der Waals surface area contributed by atoms with Crippen LogP contribution >= 0.6 is 0 Å². The van der Waals surface area contributed by atoms with E-state index in [4.69, 9.17) is 5.73 Å². The fraction of sp³-hybridized carbons (Fsp3) is 0.647. The van der Waals surface area contributed by atoms with Gasteiger partial charge in [0.15, 0.2) is 0 Å². The molecule has 2 heteroatoms. The molecular formula is C17H26N2. The number of hydrogen-bond donors (Lipinski definition) is 1. The number of fused-ring (bicyclic) bond motifs is 1. The van der Waals surface area contributed by atoms with E-state index in [0.717, 1.165) is 11.8 Å². The van der Waals surface area contributed by atoms with Gasteiger partial charge in [0.25, 0.3) is 0 Å². The molecule has 0 bridgehead atoms. The lowest BCUT2D eigenvalue weighted by molar-refractivity contribution is 0.173. The van der Waals surface area contributed by atoms with E-state index in [9.17, 15) is 0 Å². The molecule has 1 aromatic carbocycles. The largest absolute Gasteiger partial charge is 0.323 e. The van der Waals surface area contributed by atoms with E-state index in [0.29, 0.717) is 12.0 Å². The molecule has 1 aromatic rings. The Hall–Kier alpha value is -0.860. The third kappa shape index (κ3) is 2.44. The summed E-state index contributed by atoms with van der Waals surface area (Å²) >= 11 is 0. The lowest BCUT2D eigenvalue weighted by Gasteiger charge is -2.40. The molecule has 0 amide bonds. The summed E-state index contributed by atoms with van der Waals surface area (Å²) in [7, 11) is 2.26. The van der Waals surface area contributed by atoms with Crippen LogP contribution in [0, 0.1) is 11.8 Å². The second kappa shape index (κ2) is 4.92. The van der Waals surface area contributed by atoms with Crippen molar-refractivity contribution < 1.29 is 0 Å². The molecule has 2 N–H and O–H groups in total. The van der Waals surface area contributed by atoms with E-state index < -0.39 is 0 Å². The van der Waals surface area contributed by atoms with Gasteiger partial charge < -0.3 is 10.6 Å². The van der Waals surface area contributed by atoms with Gasteiger partial charge >= 0.3 is 0 Å². The van der Waals surface area contributed by atoms with Gasteiger partial charge in [-0.15, -0.1) is 0 Å². The van der Waals surface area contributed by atoms with Gasteiger partial charge in [-0.1, -0.05) is 38.1 Å². The Morgan fingerprint density at radius 3 is 2.42 bits per heavy atom. The number of benzene rings is 1. The smallest absolute Gasteiger partial charge is 0.0456 e. The predicted molar refractivity (Wildman–Crippen MR) is 80.1 cm³/mol. The zero-order chi connectivity index (χ0) is 13.6. The first-order valence-electron chi connectivity index (χ1n) is 7.62. The van der Waals surface area contributed by atoms with E-state index >= 15 is 0 Å². The van der Waals surface area contributed by atoms with E-state index in [2.05, 4.69) is 50.1 Å². The summed E-state index contributed by atoms with van der Waals surface area (Å²) in [6.07, 6.45) is 2.59. The zero-order valence-corrected chi connectivity index (χ0v) is 12.3. The molecule has 104 valence electrons. The summed E-state index contributed by atoms with van der Waals surface area (Å²) in [5.41, 5.74) is 9.36. The summed E-state index contributed by atoms with van der Waals surface area (Å²) < 4.78 is 0. The zero-order valence-electron chi connectivity index (χ0n) is 12.3. The number of rotatable bonds is 3. The Morgan fingerprint density at radius 2 is 1.79 bits per heavy atom. The van der Waals surface area contributed by atoms with Crippen molar-refractivity contribution in [2.45, 2.75) is 44.7 Å². The maximum absolute atomic E-state index is 6.54. The van der Waals surface area contributed by atoms with Gasteiger partial charge in [0, 0.05) is 18.6 Å². The molecule has 0 heterocycles. The predicted octanol–water partition coefficient (Wildman–Crippen LogP) is 3.15. The SMILES string of the molecule is CC1CC(N(C)CC2CC2C)C(N)c2ccccc21. The molecule has 1 fully saturated rings. The van der Waals surface area contributed by atoms with Crippen molar-refractivity contribution in [2.24, 2.45) is 17.6 Å². The first-order chi connectivity index (χ1) is 9.08. The quantitative estimate of drug-likeness (QED) is 0.902. The van der Waals surface area contributed by atoms with Crippen molar-refractivity contribution >= 4 is 0 Å². The monoisotopic (exact) mass is 258 g/mol. The molecule has 5 unspecified atom stereocenters. The fourth-order valence-electron chi connectivity index (χ4n) is 3.72. The number of likely N-dealkylation sites (N-methyl/N-ethyl adjacent to an activating group) is 1. The summed E-state index contributed by atoms with van der Waals surface area (Å²) in [6.45, 7) is 5.91. The molecule has 0 aromatic heterocycles. The molecule has 2 aliphatic rings. The van der Waals surface area contributed by atoms with E-state index in [1.165, 1.54) is 30.5 Å². The maximum atomic E-state index is 6.54. The van der Waals surface area contributed by atoms with Crippen LogP contribution in [-0.4, -0.2) is 24.5 Å². The average molecular weight is 258 g/mol. The first-order valence-corrected chi connectivity index (χ1v) is 7.62. The maximum Gasteiger partial charge on any atom is 0.0456 e. The lowest BCUT2D eigenvalue weighted by Crippen LogP contribution is -2.45. The van der Waals surface area contributed by atoms with Crippen molar-refractivity contribution in [1.82, 2.24) is 4.90 Å². The Balaban J connectivity index is 1.77. The van der Waals surface area contributed by atoms with Crippen LogP contribution in [0.4, 0.5) is 0 Å². The van der Waals surface area contributed by atoms with Gasteiger partial charge in [-0.3, -0.25) is 0 Å². The molecule has 3 rings (SSSR count). The molecule has 0 saturated heterocycles. The van der Waals surface area contributed by atoms with Gasteiger partial charge in [0.05, 0.1) is 0 Å². The van der Waals surface area contributed by atoms with Crippen molar-refractivity contribution in [3.63, 3.8) is 0 Å². The Labute approximate surface area is 117 Å². The summed E-state index contributed by atoms with van der Waals surface area (Å²) in [5, 5.41) is 0. The number of nitrogens with zero attached hydrogens (tertiary/aromatic N) is 1. The molecule has 1 saturated carbocycles. The van der Waals surface area contributed by atoms with Crippen LogP contribution in [-0.2, 0) is 0 Å². The van der Waals surface area contributed by atoms with Gasteiger partial charge in [0.1, 0.15) is 0 Å². The number of hydrogen-bond acceptors (Lipinski definition) is 2. The second-order valence-electron chi connectivity index (χ2n) is 6.77. The van der Waals surface area contributed by atoms with Crippen molar-refractivity contribution in [1.29, 1.82) is 0 Å². The molecule has 0 radical (unpaired) electrons. The Bertz CT molecular complexity index is 456. The number of nitrogens with two attached hydrogens (primary N) is 1. The van der Waals surface area contributed by atoms with Crippen LogP contribution in [0.3, 0.4) is 0 Å². The van der Waals surface area contributed by atoms with Crippen LogP contribution in [0.1, 0.15) is 49.8 Å². The Morgan fingerprint density at radius 1 is 1.16 bits per heavy atom. The highest BCUT2D eigenvalue weighted by Gasteiger charge is 2.38. The van der Waals surface area contributed by atoms with Crippen molar-refractivity contribution in [3.8, 4) is 0 Å². The highest BCUT2D eigenvalue weighted by Crippen LogP contribution is 2.42. The van der Waals surface area contributed by atoms with Crippen LogP contribution < -0.4 is 5.73 Å². The van der Waals surface area contributed by atoms with Crippen LogP contribution in [0.25, 0.3) is 0 Å². The van der Waals surface area contributed by atoms with Crippen LogP contribution in [0.15, 0.2) is 24.3 Å². The summed E-state index contributed by atoms with van der Waals surface area (Å²) in [4.78, 5) is 2.52. The summed E-state index contributed by atoms with van der Waals surface area (Å²) in [5.74, 6) is 2.46. The van der Waals surface area contributed by atoms with E-state index in [1.807, 2.05) is 0 Å². The molecule has 0 spiro atoms. The Kier molecular flexibility index (Phi) is 3.40. The van der Waals surface area contributed by atoms with Crippen molar-refractivity contribution in [2.75, 3.05) is 13.6 Å². The third-order valence-electron chi connectivity index (χ3n) is 5.26. The minimum Gasteiger partial charge on any atom is -0.323 e. The molecule has 0 aliphatic heterocycles. The normalized spacial score (nSPS) is 37.2. The first kappa shape index (κ1) is 13.1. The van der Waals surface area contributed by atoms with Gasteiger partial charge in [-0.25, -0.2) is 0 Å². The summed E-state index contributed by atoms with van der Waals surface area (Å²) in [6, 6.07) is 9.40. The minimum absolute atomic E-state index is 0.173. The van der Waals surface area contributed by atoms with E-state index in [1.54, 1.807) is 0 Å². The van der Waals surface area contributed by atoms with Crippen LogP contribution in [0.2, 0.25) is 0 Å². The molecule has 19 heavy (non-hydrogen) atoms. The van der Waals surface area contributed by atoms with Crippen LogP contribution in [0.5, 0.6) is 0 Å². The molecule has 2 nitrogen and oxygen atoms in total. The van der Waals surface area contributed by atoms with Gasteiger partial charge in [-0.05, 0) is 48.8 Å². The minimum atomic E-state index is 0.173. The second-order valence-corrected chi connectivity index (χ2v) is 6.77. The van der Waals surface area contributed by atoms with E-state index in [-0.39, 0.29) is 6.04 Å². The highest BCUT2D eigenvalue weighted by atomic mass is 15.2. The van der Waals surface area contributed by atoms with Gasteiger partial charge in [-0.2, -0.15) is 0 Å². The lowest BCUT2D eigenvalue weighted by atomic mass is 9.78. The standard InChI is InChI=1S/C17H26N2/c1-11-8-13(11)10-19(3)16-9-12(2)14-6-4-5-7-15(14)17(16)18/h4-7,11-13,16-17H,8-10,18H2,1-3H3. The molecule has 5 atom stereocenters. The topological polar surface area (TPSA) is 29.3 Å². The van der Waals surface area contributed by atoms with Gasteiger partial charge in [0.2, 0.25) is 0 Å². The fourth-order valence-corrected chi connectivity index (χ4v) is 3.72. The van der Waals surface area contributed by atoms with Crippen molar-refractivity contribution in [3.05, 3.63) is 35.4 Å². The average Bonchev–Trinajstić information content (AvgIpc) is 3.09. The third-order valence-corrected chi connectivity index (χ3v) is 5.26. The highest BCUT2D eigenvalue weighted by molar-refractivity contribution is 5.36. The molecular weight excluding hydrogens is 232 g/mol.